The predicted octanol–water partition coefficient (Wildman–Crippen LogP) is 4.17. The van der Waals surface area contributed by atoms with Crippen molar-refractivity contribution in [3.63, 3.8) is 0 Å². The van der Waals surface area contributed by atoms with Gasteiger partial charge in [0.05, 0.1) is 0 Å². The van der Waals surface area contributed by atoms with Gasteiger partial charge < -0.3 is 0 Å². The SMILES string of the molecule is CC(C)CCCC1CC=CCC1. The summed E-state index contributed by atoms with van der Waals surface area (Å²) >= 11 is 0. The van der Waals surface area contributed by atoms with Gasteiger partial charge in [0.2, 0.25) is 0 Å². The summed E-state index contributed by atoms with van der Waals surface area (Å²) < 4.78 is 0. The maximum absolute atomic E-state index is 2.36. The highest BCUT2D eigenvalue weighted by Gasteiger charge is 2.09. The largest absolute Gasteiger partial charge is 0.0885 e. The molecule has 0 aromatic heterocycles. The van der Waals surface area contributed by atoms with Gasteiger partial charge in [0.25, 0.3) is 0 Å². The molecule has 0 heteroatoms. The Balaban J connectivity index is 2.03. The molecular weight excluding hydrogens is 144 g/mol. The maximum Gasteiger partial charge on any atom is -0.0322 e. The van der Waals surface area contributed by atoms with E-state index in [-0.39, 0.29) is 0 Å². The van der Waals surface area contributed by atoms with E-state index in [2.05, 4.69) is 26.0 Å². The van der Waals surface area contributed by atoms with Crippen molar-refractivity contribution in [3.8, 4) is 0 Å². The topological polar surface area (TPSA) is 0 Å². The third-order valence-electron chi connectivity index (χ3n) is 2.77. The Labute approximate surface area is 77.1 Å². The maximum atomic E-state index is 2.36. The van der Waals surface area contributed by atoms with Crippen molar-refractivity contribution in [2.24, 2.45) is 11.8 Å². The van der Waals surface area contributed by atoms with Gasteiger partial charge in [-0.3, -0.25) is 0 Å². The molecule has 0 aromatic carbocycles. The van der Waals surface area contributed by atoms with Gasteiger partial charge in [-0.25, -0.2) is 0 Å². The van der Waals surface area contributed by atoms with Crippen LogP contribution in [0, 0.1) is 11.8 Å². The van der Waals surface area contributed by atoms with E-state index in [1.54, 1.807) is 0 Å². The van der Waals surface area contributed by atoms with Gasteiger partial charge in [0.15, 0.2) is 0 Å². The van der Waals surface area contributed by atoms with E-state index in [0.29, 0.717) is 0 Å². The van der Waals surface area contributed by atoms with Crippen molar-refractivity contribution >= 4 is 0 Å². The molecular formula is C12H22. The molecule has 0 aliphatic heterocycles. The Morgan fingerprint density at radius 2 is 2.17 bits per heavy atom. The highest BCUT2D eigenvalue weighted by molar-refractivity contribution is 4.89. The molecule has 0 fully saturated rings. The lowest BCUT2D eigenvalue weighted by molar-refractivity contribution is 0.405. The Morgan fingerprint density at radius 1 is 1.33 bits per heavy atom. The molecule has 0 saturated heterocycles. The van der Waals surface area contributed by atoms with Crippen LogP contribution in [0.1, 0.15) is 52.4 Å². The Kier molecular flexibility index (Phi) is 4.42. The molecule has 70 valence electrons. The second-order valence-electron chi connectivity index (χ2n) is 4.48. The van der Waals surface area contributed by atoms with E-state index in [1.165, 1.54) is 38.5 Å². The first-order valence-electron chi connectivity index (χ1n) is 5.44. The molecule has 0 radical (unpaired) electrons. The summed E-state index contributed by atoms with van der Waals surface area (Å²) in [5.74, 6) is 1.90. The highest BCUT2D eigenvalue weighted by Crippen LogP contribution is 2.24. The number of hydrogen-bond donors (Lipinski definition) is 0. The molecule has 1 rings (SSSR count). The monoisotopic (exact) mass is 166 g/mol. The van der Waals surface area contributed by atoms with E-state index in [9.17, 15) is 0 Å². The quantitative estimate of drug-likeness (QED) is 0.550. The van der Waals surface area contributed by atoms with Crippen molar-refractivity contribution in [1.29, 1.82) is 0 Å². The molecule has 0 bridgehead atoms. The summed E-state index contributed by atoms with van der Waals surface area (Å²) in [6.45, 7) is 4.64. The predicted molar refractivity (Wildman–Crippen MR) is 55.2 cm³/mol. The van der Waals surface area contributed by atoms with Crippen molar-refractivity contribution in [1.82, 2.24) is 0 Å². The van der Waals surface area contributed by atoms with E-state index in [1.807, 2.05) is 0 Å². The lowest BCUT2D eigenvalue weighted by Gasteiger charge is -2.17. The van der Waals surface area contributed by atoms with Crippen molar-refractivity contribution in [3.05, 3.63) is 12.2 Å². The zero-order chi connectivity index (χ0) is 8.81. The standard InChI is InChI=1S/C12H22/c1-11(2)7-6-10-12-8-4-3-5-9-12/h3-4,11-12H,5-10H2,1-2H3. The van der Waals surface area contributed by atoms with E-state index in [0.717, 1.165) is 11.8 Å². The van der Waals surface area contributed by atoms with Crippen LogP contribution in [0.4, 0.5) is 0 Å². The van der Waals surface area contributed by atoms with E-state index in [4.69, 9.17) is 0 Å². The molecule has 0 heterocycles. The molecule has 1 atom stereocenters. The molecule has 0 amide bonds. The number of allylic oxidation sites excluding steroid dienone is 2. The van der Waals surface area contributed by atoms with Crippen LogP contribution in [-0.2, 0) is 0 Å². The second kappa shape index (κ2) is 5.40. The molecule has 0 spiro atoms. The summed E-state index contributed by atoms with van der Waals surface area (Å²) in [6, 6.07) is 0. The Hall–Kier alpha value is -0.260. The van der Waals surface area contributed by atoms with Crippen LogP contribution in [0.2, 0.25) is 0 Å². The zero-order valence-electron chi connectivity index (χ0n) is 8.55. The minimum atomic E-state index is 0.893. The second-order valence-corrected chi connectivity index (χ2v) is 4.48. The van der Waals surface area contributed by atoms with Gasteiger partial charge >= 0.3 is 0 Å². The van der Waals surface area contributed by atoms with E-state index < -0.39 is 0 Å². The summed E-state index contributed by atoms with van der Waals surface area (Å²) in [5.41, 5.74) is 0. The molecule has 0 saturated carbocycles. The minimum absolute atomic E-state index is 0.893. The van der Waals surface area contributed by atoms with Gasteiger partial charge in [0, 0.05) is 0 Å². The number of hydrogen-bond acceptors (Lipinski definition) is 0. The number of rotatable bonds is 4. The van der Waals surface area contributed by atoms with Gasteiger partial charge in [0.1, 0.15) is 0 Å². The van der Waals surface area contributed by atoms with Crippen LogP contribution in [-0.4, -0.2) is 0 Å². The molecule has 1 aliphatic rings. The average Bonchev–Trinajstić information content (AvgIpc) is 2.05. The van der Waals surface area contributed by atoms with Crippen molar-refractivity contribution in [2.75, 3.05) is 0 Å². The molecule has 12 heavy (non-hydrogen) atoms. The first kappa shape index (κ1) is 9.83. The van der Waals surface area contributed by atoms with Crippen LogP contribution in [0.15, 0.2) is 12.2 Å². The Bertz CT molecular complexity index is 133. The van der Waals surface area contributed by atoms with Gasteiger partial charge in [-0.1, -0.05) is 45.3 Å². The fourth-order valence-corrected chi connectivity index (χ4v) is 1.93. The van der Waals surface area contributed by atoms with Crippen LogP contribution in [0.3, 0.4) is 0 Å². The van der Waals surface area contributed by atoms with Crippen LogP contribution in [0.5, 0.6) is 0 Å². The van der Waals surface area contributed by atoms with Crippen LogP contribution >= 0.6 is 0 Å². The van der Waals surface area contributed by atoms with E-state index >= 15 is 0 Å². The van der Waals surface area contributed by atoms with Crippen LogP contribution < -0.4 is 0 Å². The Morgan fingerprint density at radius 3 is 2.75 bits per heavy atom. The smallest absolute Gasteiger partial charge is 0.0322 e. The normalized spacial score (nSPS) is 23.4. The zero-order valence-corrected chi connectivity index (χ0v) is 8.55. The molecule has 0 aromatic rings. The summed E-state index contributed by atoms with van der Waals surface area (Å²) in [4.78, 5) is 0. The summed E-state index contributed by atoms with van der Waals surface area (Å²) in [7, 11) is 0. The minimum Gasteiger partial charge on any atom is -0.0885 e. The average molecular weight is 166 g/mol. The summed E-state index contributed by atoms with van der Waals surface area (Å²) in [5, 5.41) is 0. The summed E-state index contributed by atoms with van der Waals surface area (Å²) in [6.07, 6.45) is 13.1. The van der Waals surface area contributed by atoms with Gasteiger partial charge in [-0.2, -0.15) is 0 Å². The lowest BCUT2D eigenvalue weighted by Crippen LogP contribution is -2.02. The van der Waals surface area contributed by atoms with Gasteiger partial charge in [-0.05, 0) is 31.1 Å². The third-order valence-corrected chi connectivity index (χ3v) is 2.77. The molecule has 0 N–H and O–H groups in total. The van der Waals surface area contributed by atoms with Crippen molar-refractivity contribution < 1.29 is 0 Å². The highest BCUT2D eigenvalue weighted by atomic mass is 14.1. The van der Waals surface area contributed by atoms with Crippen molar-refractivity contribution in [2.45, 2.75) is 52.4 Å². The molecule has 1 aliphatic carbocycles. The lowest BCUT2D eigenvalue weighted by atomic mass is 9.89. The molecule has 1 unspecified atom stereocenters. The van der Waals surface area contributed by atoms with Crippen LogP contribution in [0.25, 0.3) is 0 Å². The first-order chi connectivity index (χ1) is 5.79. The molecule has 0 nitrogen and oxygen atoms in total. The fraction of sp³-hybridized carbons (Fsp3) is 0.833. The third kappa shape index (κ3) is 3.94. The van der Waals surface area contributed by atoms with Gasteiger partial charge in [-0.15, -0.1) is 0 Å². The fourth-order valence-electron chi connectivity index (χ4n) is 1.93. The first-order valence-corrected chi connectivity index (χ1v) is 5.44.